The number of ketones is 1. The number of rotatable bonds is 6. The van der Waals surface area contributed by atoms with Crippen LogP contribution in [0.15, 0.2) is 65.9 Å². The van der Waals surface area contributed by atoms with E-state index >= 15 is 0 Å². The number of Topliss-reactive ketones (excluding diaryl/α,β-unsaturated/α-hetero) is 1. The Kier molecular flexibility index (Phi) is 5.58. The molecule has 1 unspecified atom stereocenters. The number of carbonyl (C=O) groups excluding carboxylic acids is 2. The first-order valence-electron chi connectivity index (χ1n) is 9.79. The number of aliphatic hydroxyl groups excluding tert-OH is 1. The van der Waals surface area contributed by atoms with Crippen molar-refractivity contribution in [2.75, 3.05) is 0 Å². The molecule has 0 saturated heterocycles. The Labute approximate surface area is 187 Å². The Balaban J connectivity index is 1.89. The number of aliphatic hydroxyl groups is 1. The highest BCUT2D eigenvalue weighted by atomic mass is 32.1. The second-order valence-corrected chi connectivity index (χ2v) is 8.58. The van der Waals surface area contributed by atoms with Gasteiger partial charge in [0.2, 0.25) is 5.78 Å². The fourth-order valence-corrected chi connectivity index (χ4v) is 4.78. The van der Waals surface area contributed by atoms with Gasteiger partial charge in [-0.2, -0.15) is 0 Å². The number of nitro groups is 1. The Morgan fingerprint density at radius 2 is 1.81 bits per heavy atom. The highest BCUT2D eigenvalue weighted by Crippen LogP contribution is 2.43. The normalized spacial score (nSPS) is 16.0. The minimum absolute atomic E-state index is 0.0674. The second kappa shape index (κ2) is 8.35. The summed E-state index contributed by atoms with van der Waals surface area (Å²) in [5.41, 5.74) is 0.990. The van der Waals surface area contributed by atoms with Crippen LogP contribution in [0.5, 0.6) is 0 Å². The Bertz CT molecular complexity index is 1270. The summed E-state index contributed by atoms with van der Waals surface area (Å²) in [6.45, 7) is 3.49. The van der Waals surface area contributed by atoms with Crippen molar-refractivity contribution in [2.24, 2.45) is 0 Å². The maximum Gasteiger partial charge on any atom is 0.290 e. The fraction of sp³-hybridized carbons (Fsp3) is 0.174. The molecule has 0 aliphatic carbocycles. The average Bonchev–Trinajstić information content (AvgIpc) is 3.24. The van der Waals surface area contributed by atoms with Crippen LogP contribution in [0.4, 0.5) is 5.69 Å². The van der Waals surface area contributed by atoms with Gasteiger partial charge < -0.3 is 10.0 Å². The average molecular weight is 449 g/mol. The van der Waals surface area contributed by atoms with Gasteiger partial charge in [-0.3, -0.25) is 19.7 Å². The molecule has 2 aromatic carbocycles. The highest BCUT2D eigenvalue weighted by molar-refractivity contribution is 7.14. The molecule has 8 nitrogen and oxygen atoms in total. The molecule has 32 heavy (non-hydrogen) atoms. The van der Waals surface area contributed by atoms with E-state index in [0.29, 0.717) is 15.6 Å². The molecule has 9 heteroatoms. The quantitative estimate of drug-likeness (QED) is 0.338. The number of thiazole rings is 1. The molecule has 0 saturated carbocycles. The van der Waals surface area contributed by atoms with Gasteiger partial charge in [0.25, 0.3) is 11.6 Å². The molecule has 4 rings (SSSR count). The van der Waals surface area contributed by atoms with E-state index in [1.165, 1.54) is 23.1 Å². The van der Waals surface area contributed by atoms with Crippen molar-refractivity contribution in [3.63, 3.8) is 0 Å². The molecule has 162 valence electrons. The maximum absolute atomic E-state index is 13.5. The summed E-state index contributed by atoms with van der Waals surface area (Å²) in [7, 11) is 0. The van der Waals surface area contributed by atoms with Crippen LogP contribution in [0.2, 0.25) is 0 Å². The molecule has 3 aromatic rings. The number of amides is 1. The van der Waals surface area contributed by atoms with Gasteiger partial charge in [0.15, 0.2) is 5.76 Å². The number of hydrogen-bond donors (Lipinski definition) is 1. The third-order valence-electron chi connectivity index (χ3n) is 5.28. The predicted octanol–water partition coefficient (Wildman–Crippen LogP) is 4.45. The standard InChI is InChI=1S/C23H19N3O5S/c1-13-22(32-14(2)24-13)20(27)18-19(16-10-6-7-11-17(16)26(30)31)25(23(29)21(18)28)12-15-8-4-3-5-9-15/h3-11,19,28H,12H2,1-2H3. The maximum atomic E-state index is 13.5. The lowest BCUT2D eigenvalue weighted by atomic mass is 9.93. The van der Waals surface area contributed by atoms with E-state index in [1.54, 1.807) is 44.2 Å². The van der Waals surface area contributed by atoms with Crippen LogP contribution in [0.1, 0.15) is 37.5 Å². The SMILES string of the molecule is Cc1nc(C)c(C(=O)C2=C(O)C(=O)N(Cc3ccccc3)C2c2ccccc2[N+](=O)[O-])s1. The zero-order valence-electron chi connectivity index (χ0n) is 17.3. The van der Waals surface area contributed by atoms with E-state index in [4.69, 9.17) is 0 Å². The van der Waals surface area contributed by atoms with Gasteiger partial charge in [-0.15, -0.1) is 11.3 Å². The number of aryl methyl sites for hydroxylation is 2. The Morgan fingerprint density at radius 1 is 1.16 bits per heavy atom. The van der Waals surface area contributed by atoms with Gasteiger partial charge in [0, 0.05) is 12.6 Å². The van der Waals surface area contributed by atoms with Crippen molar-refractivity contribution >= 4 is 28.7 Å². The summed E-state index contributed by atoms with van der Waals surface area (Å²) < 4.78 is 0. The van der Waals surface area contributed by atoms with Gasteiger partial charge in [0.05, 0.1) is 37.7 Å². The number of para-hydroxylation sites is 1. The van der Waals surface area contributed by atoms with Crippen LogP contribution in [0.3, 0.4) is 0 Å². The first-order valence-corrected chi connectivity index (χ1v) is 10.6. The molecule has 0 fully saturated rings. The minimum atomic E-state index is -1.11. The van der Waals surface area contributed by atoms with Crippen LogP contribution in [0, 0.1) is 24.0 Å². The van der Waals surface area contributed by atoms with E-state index in [9.17, 15) is 24.8 Å². The van der Waals surface area contributed by atoms with E-state index < -0.39 is 28.4 Å². The van der Waals surface area contributed by atoms with E-state index in [1.807, 2.05) is 6.07 Å². The molecule has 1 amide bonds. The van der Waals surface area contributed by atoms with E-state index in [2.05, 4.69) is 4.98 Å². The van der Waals surface area contributed by atoms with Gasteiger partial charge in [0.1, 0.15) is 0 Å². The van der Waals surface area contributed by atoms with Crippen LogP contribution in [0.25, 0.3) is 0 Å². The molecule has 1 atom stereocenters. The number of nitrogens with zero attached hydrogens (tertiary/aromatic N) is 3. The fourth-order valence-electron chi connectivity index (χ4n) is 3.90. The monoisotopic (exact) mass is 449 g/mol. The van der Waals surface area contributed by atoms with Crippen LogP contribution in [-0.2, 0) is 11.3 Å². The minimum Gasteiger partial charge on any atom is -0.503 e. The molecule has 0 bridgehead atoms. The number of aromatic nitrogens is 1. The number of benzene rings is 2. The van der Waals surface area contributed by atoms with Crippen molar-refractivity contribution in [2.45, 2.75) is 26.4 Å². The smallest absolute Gasteiger partial charge is 0.290 e. The molecule has 1 aromatic heterocycles. The highest BCUT2D eigenvalue weighted by Gasteiger charge is 2.46. The second-order valence-electron chi connectivity index (χ2n) is 7.38. The van der Waals surface area contributed by atoms with Crippen molar-refractivity contribution in [1.29, 1.82) is 0 Å². The van der Waals surface area contributed by atoms with Crippen LogP contribution < -0.4 is 0 Å². The van der Waals surface area contributed by atoms with Gasteiger partial charge in [-0.25, -0.2) is 4.98 Å². The van der Waals surface area contributed by atoms with Gasteiger partial charge in [-0.1, -0.05) is 42.5 Å². The molecular formula is C23H19N3O5S. The summed E-state index contributed by atoms with van der Waals surface area (Å²) in [5, 5.41) is 23.2. The summed E-state index contributed by atoms with van der Waals surface area (Å²) in [6.07, 6.45) is 0. The molecule has 1 aliphatic rings. The first-order chi connectivity index (χ1) is 15.3. The van der Waals surface area contributed by atoms with Crippen LogP contribution in [-0.4, -0.2) is 31.6 Å². The third kappa shape index (κ3) is 3.67. The van der Waals surface area contributed by atoms with Crippen LogP contribution >= 0.6 is 11.3 Å². The lowest BCUT2D eigenvalue weighted by molar-refractivity contribution is -0.385. The van der Waals surface area contributed by atoms with Crippen molar-refractivity contribution in [3.05, 3.63) is 103 Å². The third-order valence-corrected chi connectivity index (χ3v) is 6.35. The van der Waals surface area contributed by atoms with Crippen molar-refractivity contribution < 1.29 is 19.6 Å². The predicted molar refractivity (Wildman–Crippen MR) is 118 cm³/mol. The molecule has 0 radical (unpaired) electrons. The number of hydrogen-bond acceptors (Lipinski definition) is 7. The summed E-state index contributed by atoms with van der Waals surface area (Å²) >= 11 is 1.16. The zero-order chi connectivity index (χ0) is 23.0. The molecule has 1 N–H and O–H groups in total. The summed E-state index contributed by atoms with van der Waals surface area (Å²) in [5.74, 6) is -2.00. The summed E-state index contributed by atoms with van der Waals surface area (Å²) in [6, 6.07) is 13.9. The first kappa shape index (κ1) is 21.4. The molecular weight excluding hydrogens is 430 g/mol. The topological polar surface area (TPSA) is 114 Å². The molecule has 1 aliphatic heterocycles. The number of nitro benzene ring substituents is 1. The number of carbonyl (C=O) groups is 2. The lowest BCUT2D eigenvalue weighted by Gasteiger charge is -2.26. The molecule has 2 heterocycles. The van der Waals surface area contributed by atoms with E-state index in [0.717, 1.165) is 16.9 Å². The molecule has 0 spiro atoms. The van der Waals surface area contributed by atoms with Crippen molar-refractivity contribution in [1.82, 2.24) is 9.88 Å². The lowest BCUT2D eigenvalue weighted by Crippen LogP contribution is -2.31. The zero-order valence-corrected chi connectivity index (χ0v) is 18.1. The summed E-state index contributed by atoms with van der Waals surface area (Å²) in [4.78, 5) is 43.6. The van der Waals surface area contributed by atoms with Gasteiger partial charge in [-0.05, 0) is 25.5 Å². The van der Waals surface area contributed by atoms with Gasteiger partial charge >= 0.3 is 0 Å². The Morgan fingerprint density at radius 3 is 2.44 bits per heavy atom. The Hall–Kier alpha value is -3.85. The largest absolute Gasteiger partial charge is 0.503 e. The van der Waals surface area contributed by atoms with Crippen molar-refractivity contribution in [3.8, 4) is 0 Å². The van der Waals surface area contributed by atoms with E-state index in [-0.39, 0.29) is 23.4 Å².